The molecular formula is C27H31NO3. The number of benzene rings is 3. The fourth-order valence-corrected chi connectivity index (χ4v) is 3.26. The molecule has 0 aromatic heterocycles. The Morgan fingerprint density at radius 1 is 0.774 bits per heavy atom. The summed E-state index contributed by atoms with van der Waals surface area (Å²) >= 11 is 0. The van der Waals surface area contributed by atoms with Gasteiger partial charge in [0.2, 0.25) is 0 Å². The fraction of sp³-hybridized carbons (Fsp3) is 0.296. The Hall–Kier alpha value is -3.11. The molecular weight excluding hydrogens is 386 g/mol. The van der Waals surface area contributed by atoms with Gasteiger partial charge in [0.25, 0.3) is 0 Å². The highest BCUT2D eigenvalue weighted by Crippen LogP contribution is 2.36. The van der Waals surface area contributed by atoms with E-state index in [1.807, 2.05) is 90.1 Å². The monoisotopic (exact) mass is 417 g/mol. The lowest BCUT2D eigenvalue weighted by Gasteiger charge is -2.25. The first kappa shape index (κ1) is 22.6. The molecule has 0 bridgehead atoms. The van der Waals surface area contributed by atoms with Crippen molar-refractivity contribution in [3.8, 4) is 23.0 Å². The van der Waals surface area contributed by atoms with Crippen molar-refractivity contribution in [2.45, 2.75) is 53.1 Å². The summed E-state index contributed by atoms with van der Waals surface area (Å²) in [6, 6.07) is 20.6. The molecule has 0 aliphatic rings. The predicted molar refractivity (Wildman–Crippen MR) is 126 cm³/mol. The minimum atomic E-state index is -0.323. The quantitative estimate of drug-likeness (QED) is 0.427. The van der Waals surface area contributed by atoms with E-state index in [1.165, 1.54) is 0 Å². The lowest BCUT2D eigenvalue weighted by Crippen LogP contribution is -2.46. The average Bonchev–Trinajstić information content (AvgIpc) is 2.71. The highest BCUT2D eigenvalue weighted by molar-refractivity contribution is 6.00. The molecule has 0 aliphatic heterocycles. The van der Waals surface area contributed by atoms with Crippen molar-refractivity contribution in [3.63, 3.8) is 0 Å². The molecule has 31 heavy (non-hydrogen) atoms. The molecule has 0 fully saturated rings. The van der Waals surface area contributed by atoms with Crippen LogP contribution in [0.25, 0.3) is 0 Å². The van der Waals surface area contributed by atoms with Crippen LogP contribution in [-0.2, 0) is 0 Å². The summed E-state index contributed by atoms with van der Waals surface area (Å²) < 4.78 is 12.2. The first-order valence-corrected chi connectivity index (χ1v) is 10.6. The van der Waals surface area contributed by atoms with Crippen molar-refractivity contribution < 1.29 is 14.3 Å². The summed E-state index contributed by atoms with van der Waals surface area (Å²) in [6.07, 6.45) is 0. The zero-order valence-electron chi connectivity index (χ0n) is 19.2. The van der Waals surface area contributed by atoms with E-state index in [-0.39, 0.29) is 17.4 Å². The lowest BCUT2D eigenvalue weighted by molar-refractivity contribution is 0.0935. The summed E-state index contributed by atoms with van der Waals surface area (Å²) in [7, 11) is 0. The lowest BCUT2D eigenvalue weighted by atomic mass is 10.0. The molecule has 4 nitrogen and oxygen atoms in total. The van der Waals surface area contributed by atoms with Crippen molar-refractivity contribution >= 4 is 5.78 Å². The molecule has 0 spiro atoms. The SMILES string of the molecule is Cc1ccc(Oc2ccc(C(=O)C(C)NC(C)(C)C)cc2Oc2ccc(C)cc2)cc1. The highest BCUT2D eigenvalue weighted by atomic mass is 16.5. The Balaban J connectivity index is 1.93. The molecule has 0 heterocycles. The van der Waals surface area contributed by atoms with Crippen molar-refractivity contribution in [1.82, 2.24) is 5.32 Å². The topological polar surface area (TPSA) is 47.6 Å². The molecule has 3 aromatic rings. The van der Waals surface area contributed by atoms with E-state index in [2.05, 4.69) is 5.32 Å². The van der Waals surface area contributed by atoms with Gasteiger partial charge in [-0.1, -0.05) is 35.4 Å². The summed E-state index contributed by atoms with van der Waals surface area (Å²) in [4.78, 5) is 13.0. The summed E-state index contributed by atoms with van der Waals surface area (Å²) in [5.74, 6) is 2.45. The number of hydrogen-bond donors (Lipinski definition) is 1. The number of ether oxygens (including phenoxy) is 2. The number of Topliss-reactive ketones (excluding diaryl/α,β-unsaturated/α-hetero) is 1. The van der Waals surface area contributed by atoms with Gasteiger partial charge in [-0.05, 0) is 84.0 Å². The zero-order valence-corrected chi connectivity index (χ0v) is 19.2. The van der Waals surface area contributed by atoms with E-state index in [0.29, 0.717) is 28.6 Å². The van der Waals surface area contributed by atoms with Crippen molar-refractivity contribution in [2.75, 3.05) is 0 Å². The zero-order chi connectivity index (χ0) is 22.6. The van der Waals surface area contributed by atoms with Crippen LogP contribution < -0.4 is 14.8 Å². The van der Waals surface area contributed by atoms with Gasteiger partial charge < -0.3 is 14.8 Å². The van der Waals surface area contributed by atoms with E-state index in [1.54, 1.807) is 18.2 Å². The van der Waals surface area contributed by atoms with Gasteiger partial charge in [0.15, 0.2) is 17.3 Å². The second-order valence-electron chi connectivity index (χ2n) is 8.97. The van der Waals surface area contributed by atoms with Gasteiger partial charge in [0.1, 0.15) is 11.5 Å². The molecule has 0 amide bonds. The Morgan fingerprint density at radius 2 is 1.26 bits per heavy atom. The van der Waals surface area contributed by atoms with Gasteiger partial charge >= 0.3 is 0 Å². The maximum atomic E-state index is 13.0. The molecule has 162 valence electrons. The van der Waals surface area contributed by atoms with E-state index < -0.39 is 0 Å². The third-order valence-electron chi connectivity index (χ3n) is 4.77. The van der Waals surface area contributed by atoms with Gasteiger partial charge in [-0.25, -0.2) is 0 Å². The Morgan fingerprint density at radius 3 is 1.74 bits per heavy atom. The first-order valence-electron chi connectivity index (χ1n) is 10.6. The molecule has 0 radical (unpaired) electrons. The van der Waals surface area contributed by atoms with Gasteiger partial charge in [0, 0.05) is 11.1 Å². The van der Waals surface area contributed by atoms with Crippen LogP contribution in [0.15, 0.2) is 66.7 Å². The predicted octanol–water partition coefficient (Wildman–Crippen LogP) is 6.85. The minimum absolute atomic E-state index is 0.00515. The standard InChI is InChI=1S/C27H31NO3/c1-18-7-12-22(13-8-18)30-24-16-11-21(26(29)20(3)28-27(4,5)6)17-25(24)31-23-14-9-19(2)10-15-23/h7-17,20,28H,1-6H3. The number of hydrogen-bond acceptors (Lipinski definition) is 4. The smallest absolute Gasteiger partial charge is 0.179 e. The van der Waals surface area contributed by atoms with Crippen molar-refractivity contribution in [3.05, 3.63) is 83.4 Å². The Labute approximate surface area is 185 Å². The summed E-state index contributed by atoms with van der Waals surface area (Å²) in [6.45, 7) is 12.1. The largest absolute Gasteiger partial charge is 0.453 e. The average molecular weight is 418 g/mol. The van der Waals surface area contributed by atoms with Crippen LogP contribution in [-0.4, -0.2) is 17.4 Å². The third kappa shape index (κ3) is 6.43. The Kier molecular flexibility index (Phi) is 6.81. The van der Waals surface area contributed by atoms with E-state index in [9.17, 15) is 4.79 Å². The van der Waals surface area contributed by atoms with Crippen LogP contribution >= 0.6 is 0 Å². The number of carbonyl (C=O) groups excluding carboxylic acids is 1. The van der Waals surface area contributed by atoms with Crippen LogP contribution in [0, 0.1) is 13.8 Å². The van der Waals surface area contributed by atoms with Gasteiger partial charge in [-0.15, -0.1) is 0 Å². The van der Waals surface area contributed by atoms with Crippen LogP contribution in [0.2, 0.25) is 0 Å². The molecule has 3 aromatic carbocycles. The van der Waals surface area contributed by atoms with Crippen molar-refractivity contribution in [2.24, 2.45) is 0 Å². The fourth-order valence-electron chi connectivity index (χ4n) is 3.26. The maximum absolute atomic E-state index is 13.0. The van der Waals surface area contributed by atoms with Crippen LogP contribution in [0.1, 0.15) is 49.2 Å². The van der Waals surface area contributed by atoms with Gasteiger partial charge in [0.05, 0.1) is 6.04 Å². The van der Waals surface area contributed by atoms with Gasteiger partial charge in [-0.2, -0.15) is 0 Å². The van der Waals surface area contributed by atoms with E-state index in [0.717, 1.165) is 11.1 Å². The van der Waals surface area contributed by atoms with E-state index in [4.69, 9.17) is 9.47 Å². The molecule has 0 aliphatic carbocycles. The van der Waals surface area contributed by atoms with E-state index >= 15 is 0 Å². The second-order valence-corrected chi connectivity index (χ2v) is 8.97. The van der Waals surface area contributed by atoms with Gasteiger partial charge in [-0.3, -0.25) is 4.79 Å². The first-order chi connectivity index (χ1) is 14.6. The molecule has 1 atom stereocenters. The Bertz CT molecular complexity index is 1030. The highest BCUT2D eigenvalue weighted by Gasteiger charge is 2.22. The molecule has 0 saturated heterocycles. The maximum Gasteiger partial charge on any atom is 0.179 e. The molecule has 3 rings (SSSR count). The van der Waals surface area contributed by atoms with Crippen LogP contribution in [0.5, 0.6) is 23.0 Å². The number of carbonyl (C=O) groups is 1. The summed E-state index contributed by atoms with van der Waals surface area (Å²) in [5.41, 5.74) is 2.71. The second kappa shape index (κ2) is 9.36. The number of aryl methyl sites for hydroxylation is 2. The molecule has 0 saturated carbocycles. The minimum Gasteiger partial charge on any atom is -0.453 e. The normalized spacial score (nSPS) is 12.3. The summed E-state index contributed by atoms with van der Waals surface area (Å²) in [5, 5.41) is 3.33. The number of ketones is 1. The number of nitrogens with one attached hydrogen (secondary N) is 1. The molecule has 1 N–H and O–H groups in total. The number of rotatable bonds is 7. The third-order valence-corrected chi connectivity index (χ3v) is 4.77. The molecule has 1 unspecified atom stereocenters. The van der Waals surface area contributed by atoms with Crippen LogP contribution in [0.4, 0.5) is 0 Å². The van der Waals surface area contributed by atoms with Crippen LogP contribution in [0.3, 0.4) is 0 Å². The molecule has 4 heteroatoms. The van der Waals surface area contributed by atoms with Crippen molar-refractivity contribution in [1.29, 1.82) is 0 Å².